The highest BCUT2D eigenvalue weighted by atomic mass is 16.3. The molecular weight excluding hydrogens is 536 g/mol. The van der Waals surface area contributed by atoms with Gasteiger partial charge in [-0.15, -0.1) is 10.2 Å². The maximum absolute atomic E-state index is 10.3. The van der Waals surface area contributed by atoms with E-state index in [0.717, 1.165) is 69.7 Å². The first-order chi connectivity index (χ1) is 21.1. The van der Waals surface area contributed by atoms with E-state index in [1.807, 2.05) is 24.3 Å². The van der Waals surface area contributed by atoms with E-state index in [2.05, 4.69) is 72.1 Å². The number of piperidine rings is 1. The molecule has 0 unspecified atom stereocenters. The third kappa shape index (κ3) is 7.22. The molecule has 2 aromatic carbocycles. The number of hydrogen-bond donors (Lipinski definition) is 2. The van der Waals surface area contributed by atoms with Gasteiger partial charge < -0.3 is 20.6 Å². The first-order valence-corrected chi connectivity index (χ1v) is 15.1. The fraction of sp³-hybridized carbons (Fsp3) is 0.353. The van der Waals surface area contributed by atoms with Crippen molar-refractivity contribution in [2.45, 2.75) is 25.7 Å². The van der Waals surface area contributed by atoms with Crippen LogP contribution in [0.2, 0.25) is 0 Å². The maximum Gasteiger partial charge on any atom is 0.206 e. The molecule has 0 saturated carbocycles. The van der Waals surface area contributed by atoms with E-state index < -0.39 is 0 Å². The van der Waals surface area contributed by atoms with Gasteiger partial charge in [-0.2, -0.15) is 0 Å². The summed E-state index contributed by atoms with van der Waals surface area (Å²) in [6, 6.07) is 21.8. The van der Waals surface area contributed by atoms with E-state index >= 15 is 0 Å². The summed E-state index contributed by atoms with van der Waals surface area (Å²) < 4.78 is 0. The van der Waals surface area contributed by atoms with Crippen LogP contribution in [0.4, 0.5) is 17.3 Å². The lowest BCUT2D eigenvalue weighted by atomic mass is 9.90. The van der Waals surface area contributed by atoms with E-state index in [9.17, 15) is 5.11 Å². The van der Waals surface area contributed by atoms with E-state index in [0.29, 0.717) is 22.9 Å². The van der Waals surface area contributed by atoms with E-state index in [-0.39, 0.29) is 5.75 Å². The number of aromatic nitrogens is 4. The lowest BCUT2D eigenvalue weighted by molar-refractivity contribution is 0.203. The lowest BCUT2D eigenvalue weighted by Crippen LogP contribution is -2.34. The third-order valence-corrected chi connectivity index (χ3v) is 8.36. The fourth-order valence-electron chi connectivity index (χ4n) is 5.97. The highest BCUT2D eigenvalue weighted by Crippen LogP contribution is 2.32. The zero-order valence-electron chi connectivity index (χ0n) is 24.4. The van der Waals surface area contributed by atoms with Crippen molar-refractivity contribution in [1.82, 2.24) is 25.1 Å². The average molecular weight is 575 g/mol. The molecule has 9 nitrogen and oxygen atoms in total. The molecule has 9 heteroatoms. The predicted molar refractivity (Wildman–Crippen MR) is 171 cm³/mol. The Hall–Kier alpha value is -4.68. The van der Waals surface area contributed by atoms with Crippen LogP contribution < -0.4 is 15.5 Å². The van der Waals surface area contributed by atoms with Gasteiger partial charge in [0.15, 0.2) is 5.82 Å². The molecule has 2 fully saturated rings. The summed E-state index contributed by atoms with van der Waals surface area (Å²) in [5.74, 6) is 9.27. The van der Waals surface area contributed by atoms with E-state index in [1.165, 1.54) is 24.8 Å². The summed E-state index contributed by atoms with van der Waals surface area (Å²) in [5.41, 5.74) is 9.76. The number of hydrogen-bond acceptors (Lipinski definition) is 9. The van der Waals surface area contributed by atoms with Gasteiger partial charge in [0.05, 0.1) is 17.9 Å². The molecule has 4 aromatic rings. The van der Waals surface area contributed by atoms with Crippen molar-refractivity contribution >= 4 is 17.3 Å². The number of aromatic hydroxyl groups is 1. The molecule has 0 amide bonds. The lowest BCUT2D eigenvalue weighted by Gasteiger charge is -2.30. The smallest absolute Gasteiger partial charge is 0.206 e. The van der Waals surface area contributed by atoms with Crippen molar-refractivity contribution in [3.8, 4) is 28.8 Å². The number of nitrogen functional groups attached to an aromatic ring is 1. The molecule has 2 aromatic heterocycles. The van der Waals surface area contributed by atoms with Crippen LogP contribution in [0.5, 0.6) is 5.75 Å². The number of phenols is 1. The topological polar surface area (TPSA) is 108 Å². The monoisotopic (exact) mass is 574 g/mol. The Labute approximate surface area is 253 Å². The highest BCUT2D eigenvalue weighted by Gasteiger charge is 2.21. The minimum absolute atomic E-state index is 0.167. The van der Waals surface area contributed by atoms with Crippen LogP contribution >= 0.6 is 0 Å². The van der Waals surface area contributed by atoms with Crippen LogP contribution in [0.25, 0.3) is 11.3 Å². The number of phenolic OH excluding ortho intramolecular Hbond substituents is 1. The number of rotatable bonds is 6. The van der Waals surface area contributed by atoms with Crippen LogP contribution in [0.3, 0.4) is 0 Å². The quantitative estimate of drug-likeness (QED) is 0.327. The molecule has 43 heavy (non-hydrogen) atoms. The van der Waals surface area contributed by atoms with Gasteiger partial charge in [-0.25, -0.2) is 9.97 Å². The van der Waals surface area contributed by atoms with Crippen molar-refractivity contribution < 1.29 is 5.11 Å². The minimum atomic E-state index is 0.167. The molecule has 6 rings (SSSR count). The van der Waals surface area contributed by atoms with Gasteiger partial charge in [-0.3, -0.25) is 4.90 Å². The first-order valence-electron chi connectivity index (χ1n) is 15.1. The summed E-state index contributed by atoms with van der Waals surface area (Å²) in [7, 11) is 0. The molecule has 0 radical (unpaired) electrons. The SMILES string of the molecule is Nc1nnc(-c2ccccc2O)cc1N1CCCN(c2ccnc(C#CCN3CCC(Cc4ccccc4)CC3)n2)CC1. The Morgan fingerprint density at radius 3 is 2.47 bits per heavy atom. The zero-order chi connectivity index (χ0) is 29.4. The second-order valence-corrected chi connectivity index (χ2v) is 11.3. The van der Waals surface area contributed by atoms with Crippen molar-refractivity contribution in [2.24, 2.45) is 5.92 Å². The number of anilines is 3. The molecule has 4 heterocycles. The van der Waals surface area contributed by atoms with Crippen molar-refractivity contribution in [3.05, 3.63) is 84.3 Å². The molecule has 0 spiro atoms. The second-order valence-electron chi connectivity index (χ2n) is 11.3. The standard InChI is InChI=1S/C34H38N8O/c35-34-30(25-29(38-39-34)28-10-4-5-11-31(28)43)41-18-7-19-42(23-22-41)33-13-16-36-32(37-33)12-6-17-40-20-14-27(15-21-40)24-26-8-2-1-3-9-26/h1-5,8-11,13,16,25,27,43H,7,14-15,17-24H2,(H2,35,39). The summed E-state index contributed by atoms with van der Waals surface area (Å²) >= 11 is 0. The van der Waals surface area contributed by atoms with Gasteiger partial charge in [0.25, 0.3) is 0 Å². The Morgan fingerprint density at radius 1 is 0.860 bits per heavy atom. The first kappa shape index (κ1) is 28.4. The molecular formula is C34H38N8O. The van der Waals surface area contributed by atoms with Gasteiger partial charge in [0, 0.05) is 37.9 Å². The van der Waals surface area contributed by atoms with Crippen LogP contribution in [0, 0.1) is 17.8 Å². The molecule has 2 aliphatic heterocycles. The number of nitrogens with two attached hydrogens (primary N) is 1. The van der Waals surface area contributed by atoms with Gasteiger partial charge >= 0.3 is 0 Å². The van der Waals surface area contributed by atoms with Crippen LogP contribution in [-0.2, 0) is 6.42 Å². The minimum Gasteiger partial charge on any atom is -0.507 e. The molecule has 2 saturated heterocycles. The van der Waals surface area contributed by atoms with Crippen LogP contribution in [0.15, 0.2) is 72.9 Å². The van der Waals surface area contributed by atoms with E-state index in [4.69, 9.17) is 10.7 Å². The number of likely N-dealkylation sites (tertiary alicyclic amines) is 1. The predicted octanol–water partition coefficient (Wildman–Crippen LogP) is 4.24. The number of benzene rings is 2. The van der Waals surface area contributed by atoms with Crippen molar-refractivity contribution in [2.75, 3.05) is 61.3 Å². The van der Waals surface area contributed by atoms with Gasteiger partial charge in [0.2, 0.25) is 5.82 Å². The molecule has 220 valence electrons. The Balaban J connectivity index is 1.04. The van der Waals surface area contributed by atoms with Gasteiger partial charge in [-0.1, -0.05) is 48.4 Å². The van der Waals surface area contributed by atoms with E-state index in [1.54, 1.807) is 18.3 Å². The summed E-state index contributed by atoms with van der Waals surface area (Å²) in [5, 5.41) is 18.7. The average Bonchev–Trinajstić information content (AvgIpc) is 3.30. The molecule has 0 aliphatic carbocycles. The molecule has 2 aliphatic rings. The van der Waals surface area contributed by atoms with Crippen molar-refractivity contribution in [1.29, 1.82) is 0 Å². The maximum atomic E-state index is 10.3. The van der Waals surface area contributed by atoms with Crippen LogP contribution in [0.1, 0.15) is 30.7 Å². The number of para-hydroxylation sites is 1. The Morgan fingerprint density at radius 2 is 1.63 bits per heavy atom. The summed E-state index contributed by atoms with van der Waals surface area (Å²) in [6.45, 7) is 6.13. The Bertz CT molecular complexity index is 1580. The number of nitrogens with zero attached hydrogens (tertiary/aromatic N) is 7. The molecule has 3 N–H and O–H groups in total. The summed E-state index contributed by atoms with van der Waals surface area (Å²) in [6.07, 6.45) is 6.32. The molecule has 0 atom stereocenters. The van der Waals surface area contributed by atoms with Gasteiger partial charge in [0.1, 0.15) is 11.6 Å². The highest BCUT2D eigenvalue weighted by molar-refractivity contribution is 5.74. The van der Waals surface area contributed by atoms with Crippen molar-refractivity contribution in [3.63, 3.8) is 0 Å². The second kappa shape index (κ2) is 13.5. The normalized spacial score (nSPS) is 16.4. The fourth-order valence-corrected chi connectivity index (χ4v) is 5.97. The van der Waals surface area contributed by atoms with Gasteiger partial charge in [-0.05, 0) is 80.4 Å². The van der Waals surface area contributed by atoms with Crippen LogP contribution in [-0.4, -0.2) is 76.0 Å². The largest absolute Gasteiger partial charge is 0.507 e. The summed E-state index contributed by atoms with van der Waals surface area (Å²) in [4.78, 5) is 16.2. The Kier molecular flexibility index (Phi) is 8.95. The third-order valence-electron chi connectivity index (χ3n) is 8.36. The molecule has 0 bridgehead atoms. The zero-order valence-corrected chi connectivity index (χ0v) is 24.4.